The molecule has 0 radical (unpaired) electrons. The van der Waals surface area contributed by atoms with Crippen LogP contribution in [0, 0.1) is 0 Å². The van der Waals surface area contributed by atoms with E-state index in [-0.39, 0.29) is 17.5 Å². The third-order valence-corrected chi connectivity index (χ3v) is 4.34. The number of amides is 2. The van der Waals surface area contributed by atoms with Gasteiger partial charge in [0.05, 0.1) is 0 Å². The third kappa shape index (κ3) is 5.77. The van der Waals surface area contributed by atoms with E-state index in [0.29, 0.717) is 18.7 Å². The minimum atomic E-state index is -0.283. The molecule has 0 aliphatic carbocycles. The minimum absolute atomic E-state index is 0.211. The smallest absolute Gasteiger partial charge is 0.269 e. The number of carbonyl (C=O) groups excluding carboxylic acids is 2. The lowest BCUT2D eigenvalue weighted by atomic mass is 10.1. The van der Waals surface area contributed by atoms with Crippen LogP contribution in [0.2, 0.25) is 0 Å². The second-order valence-corrected chi connectivity index (χ2v) is 6.41. The summed E-state index contributed by atoms with van der Waals surface area (Å²) in [6.07, 6.45) is 2.98. The zero-order valence-electron chi connectivity index (χ0n) is 15.6. The van der Waals surface area contributed by atoms with Crippen molar-refractivity contribution in [2.45, 2.75) is 12.8 Å². The number of nitrogens with one attached hydrogen (secondary N) is 2. The van der Waals surface area contributed by atoms with E-state index >= 15 is 0 Å². The van der Waals surface area contributed by atoms with Gasteiger partial charge in [-0.15, -0.1) is 0 Å². The molecule has 0 unspecified atom stereocenters. The molecule has 0 atom stereocenters. The van der Waals surface area contributed by atoms with E-state index in [0.717, 1.165) is 24.0 Å². The SMILES string of the molecule is O=C(NCCc1ccccc1)c1ccnc(C(=O)NCCc2ccccc2)c1. The van der Waals surface area contributed by atoms with Gasteiger partial charge in [-0.2, -0.15) is 0 Å². The molecule has 28 heavy (non-hydrogen) atoms. The fourth-order valence-electron chi connectivity index (χ4n) is 2.82. The predicted molar refractivity (Wildman–Crippen MR) is 109 cm³/mol. The summed E-state index contributed by atoms with van der Waals surface area (Å²) in [5.74, 6) is -0.494. The van der Waals surface area contributed by atoms with Gasteiger partial charge >= 0.3 is 0 Å². The van der Waals surface area contributed by atoms with Crippen LogP contribution in [-0.2, 0) is 12.8 Å². The van der Waals surface area contributed by atoms with Crippen molar-refractivity contribution in [3.8, 4) is 0 Å². The van der Waals surface area contributed by atoms with Crippen molar-refractivity contribution in [3.63, 3.8) is 0 Å². The summed E-state index contributed by atoms with van der Waals surface area (Å²) in [6, 6.07) is 23.0. The summed E-state index contributed by atoms with van der Waals surface area (Å²) in [7, 11) is 0. The minimum Gasteiger partial charge on any atom is -0.352 e. The number of nitrogens with zero attached hydrogens (tertiary/aromatic N) is 1. The molecule has 2 amide bonds. The van der Waals surface area contributed by atoms with Crippen LogP contribution in [0.1, 0.15) is 32.0 Å². The maximum atomic E-state index is 12.3. The highest BCUT2D eigenvalue weighted by Gasteiger charge is 2.11. The average molecular weight is 373 g/mol. The number of carbonyl (C=O) groups is 2. The molecular weight excluding hydrogens is 350 g/mol. The Morgan fingerprint density at radius 3 is 1.82 bits per heavy atom. The number of pyridine rings is 1. The Hall–Kier alpha value is -3.47. The lowest BCUT2D eigenvalue weighted by Crippen LogP contribution is -2.28. The summed E-state index contributed by atoms with van der Waals surface area (Å²) < 4.78 is 0. The van der Waals surface area contributed by atoms with Crippen molar-refractivity contribution in [1.82, 2.24) is 15.6 Å². The van der Waals surface area contributed by atoms with Crippen molar-refractivity contribution in [2.24, 2.45) is 0 Å². The number of benzene rings is 2. The molecule has 5 heteroatoms. The van der Waals surface area contributed by atoms with E-state index in [1.54, 1.807) is 6.07 Å². The maximum absolute atomic E-state index is 12.3. The Morgan fingerprint density at radius 1 is 0.714 bits per heavy atom. The van der Waals surface area contributed by atoms with Gasteiger partial charge in [-0.05, 0) is 36.1 Å². The molecule has 0 aliphatic rings. The lowest BCUT2D eigenvalue weighted by molar-refractivity contribution is 0.0949. The van der Waals surface area contributed by atoms with Gasteiger partial charge in [-0.25, -0.2) is 0 Å². The number of hydrogen-bond acceptors (Lipinski definition) is 3. The summed E-state index contributed by atoms with van der Waals surface area (Å²) in [4.78, 5) is 28.7. The Kier molecular flexibility index (Phi) is 6.90. The fourth-order valence-corrected chi connectivity index (χ4v) is 2.82. The summed E-state index contributed by atoms with van der Waals surface area (Å²) >= 11 is 0. The van der Waals surface area contributed by atoms with Crippen LogP contribution >= 0.6 is 0 Å². The Balaban J connectivity index is 1.49. The molecule has 3 rings (SSSR count). The first-order valence-corrected chi connectivity index (χ1v) is 9.32. The van der Waals surface area contributed by atoms with Crippen molar-refractivity contribution in [1.29, 1.82) is 0 Å². The van der Waals surface area contributed by atoms with Crippen LogP contribution in [0.3, 0.4) is 0 Å². The third-order valence-electron chi connectivity index (χ3n) is 4.34. The fraction of sp³-hybridized carbons (Fsp3) is 0.174. The van der Waals surface area contributed by atoms with Gasteiger partial charge in [0.25, 0.3) is 11.8 Å². The molecule has 1 aromatic heterocycles. The molecule has 0 bridgehead atoms. The molecule has 142 valence electrons. The van der Waals surface area contributed by atoms with Crippen molar-refractivity contribution in [2.75, 3.05) is 13.1 Å². The number of rotatable bonds is 8. The van der Waals surface area contributed by atoms with Gasteiger partial charge in [0.15, 0.2) is 0 Å². The standard InChI is InChI=1S/C23H23N3O2/c27-22(25-14-11-18-7-3-1-4-8-18)20-13-16-24-21(17-20)23(28)26-15-12-19-9-5-2-6-10-19/h1-10,13,16-17H,11-12,14-15H2,(H,25,27)(H,26,28). The molecular formula is C23H23N3O2. The van der Waals surface area contributed by atoms with Crippen LogP contribution in [-0.4, -0.2) is 29.9 Å². The van der Waals surface area contributed by atoms with Crippen molar-refractivity contribution >= 4 is 11.8 Å². The van der Waals surface area contributed by atoms with Gasteiger partial charge in [0.2, 0.25) is 0 Å². The largest absolute Gasteiger partial charge is 0.352 e. The molecule has 5 nitrogen and oxygen atoms in total. The van der Waals surface area contributed by atoms with E-state index in [9.17, 15) is 9.59 Å². The Bertz CT molecular complexity index is 839. The van der Waals surface area contributed by atoms with Crippen LogP contribution in [0.25, 0.3) is 0 Å². The molecule has 0 spiro atoms. The first-order chi connectivity index (χ1) is 13.7. The summed E-state index contributed by atoms with van der Waals surface area (Å²) in [6.45, 7) is 1.04. The van der Waals surface area contributed by atoms with Gasteiger partial charge < -0.3 is 10.6 Å². The molecule has 0 saturated carbocycles. The van der Waals surface area contributed by atoms with Gasteiger partial charge in [-0.3, -0.25) is 14.6 Å². The van der Waals surface area contributed by atoms with E-state index in [2.05, 4.69) is 15.6 Å². The monoisotopic (exact) mass is 373 g/mol. The Morgan fingerprint density at radius 2 is 1.25 bits per heavy atom. The van der Waals surface area contributed by atoms with Crippen molar-refractivity contribution in [3.05, 3.63) is 101 Å². The first-order valence-electron chi connectivity index (χ1n) is 9.32. The van der Waals surface area contributed by atoms with E-state index in [4.69, 9.17) is 0 Å². The molecule has 1 heterocycles. The second kappa shape index (κ2) is 10.0. The number of aromatic nitrogens is 1. The van der Waals surface area contributed by atoms with Gasteiger partial charge in [0.1, 0.15) is 5.69 Å². The quantitative estimate of drug-likeness (QED) is 0.638. The average Bonchev–Trinajstić information content (AvgIpc) is 2.75. The van der Waals surface area contributed by atoms with Crippen LogP contribution < -0.4 is 10.6 Å². The van der Waals surface area contributed by atoms with Crippen molar-refractivity contribution < 1.29 is 9.59 Å². The summed E-state index contributed by atoms with van der Waals surface area (Å²) in [5, 5.41) is 5.72. The predicted octanol–water partition coefficient (Wildman–Crippen LogP) is 3.03. The zero-order chi connectivity index (χ0) is 19.6. The van der Waals surface area contributed by atoms with Crippen LogP contribution in [0.5, 0.6) is 0 Å². The lowest BCUT2D eigenvalue weighted by Gasteiger charge is -2.08. The van der Waals surface area contributed by atoms with E-state index in [1.165, 1.54) is 12.3 Å². The molecule has 0 aliphatic heterocycles. The number of hydrogen-bond donors (Lipinski definition) is 2. The zero-order valence-corrected chi connectivity index (χ0v) is 15.6. The van der Waals surface area contributed by atoms with Crippen LogP contribution in [0.4, 0.5) is 0 Å². The van der Waals surface area contributed by atoms with Crippen LogP contribution in [0.15, 0.2) is 79.0 Å². The molecule has 2 N–H and O–H groups in total. The highest BCUT2D eigenvalue weighted by atomic mass is 16.2. The highest BCUT2D eigenvalue weighted by molar-refractivity contribution is 5.98. The first kappa shape index (κ1) is 19.3. The van der Waals surface area contributed by atoms with E-state index in [1.807, 2.05) is 60.7 Å². The van der Waals surface area contributed by atoms with Gasteiger partial charge in [-0.1, -0.05) is 60.7 Å². The normalized spacial score (nSPS) is 10.3. The second-order valence-electron chi connectivity index (χ2n) is 6.41. The molecule has 0 saturated heterocycles. The Labute approximate surface area is 164 Å². The maximum Gasteiger partial charge on any atom is 0.269 e. The molecule has 2 aromatic carbocycles. The molecule has 0 fully saturated rings. The van der Waals surface area contributed by atoms with E-state index < -0.39 is 0 Å². The summed E-state index contributed by atoms with van der Waals surface area (Å²) in [5.41, 5.74) is 2.98. The van der Waals surface area contributed by atoms with Gasteiger partial charge in [0, 0.05) is 24.8 Å². The molecule has 3 aromatic rings. The topological polar surface area (TPSA) is 71.1 Å². The highest BCUT2D eigenvalue weighted by Crippen LogP contribution is 2.04.